The lowest BCUT2D eigenvalue weighted by Gasteiger charge is -2.18. The fourth-order valence-corrected chi connectivity index (χ4v) is 3.41. The van der Waals surface area contributed by atoms with E-state index in [0.717, 1.165) is 29.7 Å². The van der Waals surface area contributed by atoms with Crippen molar-refractivity contribution < 1.29 is 14.6 Å². The van der Waals surface area contributed by atoms with Crippen LogP contribution in [0.15, 0.2) is 59.6 Å². The van der Waals surface area contributed by atoms with E-state index >= 15 is 0 Å². The van der Waals surface area contributed by atoms with Gasteiger partial charge < -0.3 is 25.8 Å². The number of halogens is 1. The van der Waals surface area contributed by atoms with E-state index in [1.165, 1.54) is 0 Å². The molecule has 0 aromatic heterocycles. The third kappa shape index (κ3) is 7.79. The van der Waals surface area contributed by atoms with Gasteiger partial charge in [-0.25, -0.2) is 0 Å². The number of aliphatic hydroxyl groups is 1. The minimum Gasteiger partial charge on any atom is -0.396 e. The van der Waals surface area contributed by atoms with E-state index in [-0.39, 0.29) is 48.5 Å². The van der Waals surface area contributed by atoms with Gasteiger partial charge in [0, 0.05) is 38.3 Å². The Morgan fingerprint density at radius 1 is 1.19 bits per heavy atom. The highest BCUT2D eigenvalue weighted by molar-refractivity contribution is 14.0. The Labute approximate surface area is 200 Å². The van der Waals surface area contributed by atoms with Gasteiger partial charge in [0.15, 0.2) is 5.96 Å². The molecule has 1 amide bonds. The highest BCUT2D eigenvalue weighted by Gasteiger charge is 2.23. The Morgan fingerprint density at radius 3 is 2.68 bits per heavy atom. The van der Waals surface area contributed by atoms with Gasteiger partial charge in [-0.2, -0.15) is 0 Å². The second kappa shape index (κ2) is 13.3. The van der Waals surface area contributed by atoms with Crippen molar-refractivity contribution in [3.05, 3.63) is 65.7 Å². The van der Waals surface area contributed by atoms with Gasteiger partial charge in [-0.15, -0.1) is 24.0 Å². The van der Waals surface area contributed by atoms with Gasteiger partial charge in [-0.05, 0) is 36.1 Å². The first kappa shape index (κ1) is 25.1. The lowest BCUT2D eigenvalue weighted by Crippen LogP contribution is -2.39. The van der Waals surface area contributed by atoms with Crippen molar-refractivity contribution in [2.45, 2.75) is 31.4 Å². The number of hydrogen-bond donors (Lipinski definition) is 4. The van der Waals surface area contributed by atoms with Crippen LogP contribution in [-0.2, 0) is 16.1 Å². The number of carbonyl (C=O) groups is 1. The van der Waals surface area contributed by atoms with Gasteiger partial charge in [-0.3, -0.25) is 9.79 Å². The number of carbonyl (C=O) groups excluding carboxylic acids is 1. The molecule has 1 heterocycles. The van der Waals surface area contributed by atoms with Crippen molar-refractivity contribution in [2.75, 3.05) is 32.1 Å². The van der Waals surface area contributed by atoms with Gasteiger partial charge in [0.2, 0.25) is 0 Å². The predicted molar refractivity (Wildman–Crippen MR) is 134 cm³/mol. The molecule has 1 saturated heterocycles. The van der Waals surface area contributed by atoms with Crippen LogP contribution in [0.1, 0.15) is 29.9 Å². The van der Waals surface area contributed by atoms with E-state index in [1.54, 1.807) is 7.05 Å². The van der Waals surface area contributed by atoms with Crippen LogP contribution in [0.4, 0.5) is 5.69 Å². The number of benzene rings is 2. The number of guanidine groups is 1. The molecule has 1 aliphatic rings. The zero-order valence-corrected chi connectivity index (χ0v) is 20.0. The lowest BCUT2D eigenvalue weighted by atomic mass is 10.0. The van der Waals surface area contributed by atoms with Gasteiger partial charge in [0.05, 0.1) is 6.61 Å². The van der Waals surface area contributed by atoms with E-state index in [2.05, 4.69) is 20.9 Å². The molecule has 0 spiro atoms. The molecular formula is C23H31IN4O3. The molecule has 3 rings (SSSR count). The molecule has 2 aromatic rings. The summed E-state index contributed by atoms with van der Waals surface area (Å²) in [5.74, 6) is 0.547. The Balaban J connectivity index is 0.00000341. The number of ether oxygens (including phenoxy) is 1. The Hall–Kier alpha value is -2.17. The summed E-state index contributed by atoms with van der Waals surface area (Å²) in [7, 11) is 1.71. The number of amides is 1. The maximum Gasteiger partial charge on any atom is 0.253 e. The van der Waals surface area contributed by atoms with Crippen LogP contribution in [-0.4, -0.2) is 49.9 Å². The van der Waals surface area contributed by atoms with Crippen LogP contribution >= 0.6 is 24.0 Å². The molecule has 0 saturated carbocycles. The fourth-order valence-electron chi connectivity index (χ4n) is 3.41. The largest absolute Gasteiger partial charge is 0.396 e. The summed E-state index contributed by atoms with van der Waals surface area (Å²) in [5.41, 5.74) is 2.85. The van der Waals surface area contributed by atoms with Gasteiger partial charge in [-0.1, -0.05) is 42.5 Å². The van der Waals surface area contributed by atoms with Crippen molar-refractivity contribution >= 4 is 41.5 Å². The molecule has 1 fully saturated rings. The molecule has 4 N–H and O–H groups in total. The maximum absolute atomic E-state index is 12.2. The molecule has 31 heavy (non-hydrogen) atoms. The number of aliphatic imine (C=N–C) groups is 1. The second-order valence-corrected chi connectivity index (χ2v) is 7.29. The number of anilines is 1. The Morgan fingerprint density at radius 2 is 2.00 bits per heavy atom. The Kier molecular flexibility index (Phi) is 10.8. The molecule has 168 valence electrons. The van der Waals surface area contributed by atoms with Gasteiger partial charge in [0.1, 0.15) is 6.10 Å². The first-order valence-corrected chi connectivity index (χ1v) is 10.3. The standard InChI is InChI=1S/C23H30N4O3.HI/c1-24-23(26-15-19(16-28)18-8-3-2-4-9-18)25-14-17-7-5-10-20(13-17)27-22(29)21-11-6-12-30-21;/h2-5,7-10,13,19,21,28H,6,11-12,14-16H2,1H3,(H,27,29)(H2,24,25,26);1H. The molecule has 7 nitrogen and oxygen atoms in total. The summed E-state index contributed by atoms with van der Waals surface area (Å²) in [4.78, 5) is 16.5. The molecule has 1 aliphatic heterocycles. The van der Waals surface area contributed by atoms with Crippen LogP contribution in [0.25, 0.3) is 0 Å². The molecule has 0 bridgehead atoms. The zero-order chi connectivity index (χ0) is 21.2. The molecule has 8 heteroatoms. The van der Waals surface area contributed by atoms with E-state index in [4.69, 9.17) is 4.74 Å². The summed E-state index contributed by atoms with van der Waals surface area (Å²) in [6.07, 6.45) is 1.35. The van der Waals surface area contributed by atoms with Crippen molar-refractivity contribution in [1.82, 2.24) is 10.6 Å². The van der Waals surface area contributed by atoms with Crippen LogP contribution < -0.4 is 16.0 Å². The van der Waals surface area contributed by atoms with Gasteiger partial charge >= 0.3 is 0 Å². The maximum atomic E-state index is 12.2. The van der Waals surface area contributed by atoms with E-state index < -0.39 is 0 Å². The average Bonchev–Trinajstić information content (AvgIpc) is 3.32. The van der Waals surface area contributed by atoms with E-state index in [9.17, 15) is 9.90 Å². The fraction of sp³-hybridized carbons (Fsp3) is 0.391. The van der Waals surface area contributed by atoms with Crippen molar-refractivity contribution in [1.29, 1.82) is 0 Å². The normalized spacial score (nSPS) is 16.8. The second-order valence-electron chi connectivity index (χ2n) is 7.29. The summed E-state index contributed by atoms with van der Waals surface area (Å²) in [6.45, 7) is 1.83. The predicted octanol–water partition coefficient (Wildman–Crippen LogP) is 2.86. The lowest BCUT2D eigenvalue weighted by molar-refractivity contribution is -0.124. The van der Waals surface area contributed by atoms with E-state index in [1.807, 2.05) is 54.6 Å². The van der Waals surface area contributed by atoms with Crippen molar-refractivity contribution in [2.24, 2.45) is 4.99 Å². The number of hydrogen-bond acceptors (Lipinski definition) is 4. The Bertz CT molecular complexity index is 842. The summed E-state index contributed by atoms with van der Waals surface area (Å²) in [6, 6.07) is 17.6. The SMILES string of the molecule is CN=C(NCc1cccc(NC(=O)C2CCCO2)c1)NCC(CO)c1ccccc1.I. The van der Waals surface area contributed by atoms with Crippen LogP contribution in [0, 0.1) is 0 Å². The monoisotopic (exact) mass is 538 g/mol. The van der Waals surface area contributed by atoms with Crippen molar-refractivity contribution in [3.63, 3.8) is 0 Å². The topological polar surface area (TPSA) is 95.0 Å². The average molecular weight is 538 g/mol. The smallest absolute Gasteiger partial charge is 0.253 e. The first-order chi connectivity index (χ1) is 14.7. The number of nitrogens with one attached hydrogen (secondary N) is 3. The molecular weight excluding hydrogens is 507 g/mol. The minimum absolute atomic E-state index is 0. The zero-order valence-electron chi connectivity index (χ0n) is 17.7. The summed E-state index contributed by atoms with van der Waals surface area (Å²) < 4.78 is 5.43. The summed E-state index contributed by atoms with van der Waals surface area (Å²) >= 11 is 0. The third-order valence-electron chi connectivity index (χ3n) is 5.11. The highest BCUT2D eigenvalue weighted by atomic mass is 127. The molecule has 0 aliphatic carbocycles. The van der Waals surface area contributed by atoms with Crippen LogP contribution in [0.5, 0.6) is 0 Å². The molecule has 2 atom stereocenters. The third-order valence-corrected chi connectivity index (χ3v) is 5.11. The summed E-state index contributed by atoms with van der Waals surface area (Å²) in [5, 5.41) is 19.2. The van der Waals surface area contributed by atoms with Crippen LogP contribution in [0.3, 0.4) is 0 Å². The minimum atomic E-state index is -0.348. The quantitative estimate of drug-likeness (QED) is 0.236. The highest BCUT2D eigenvalue weighted by Crippen LogP contribution is 2.16. The molecule has 2 aromatic carbocycles. The van der Waals surface area contributed by atoms with Gasteiger partial charge in [0.25, 0.3) is 5.91 Å². The molecule has 0 radical (unpaired) electrons. The first-order valence-electron chi connectivity index (χ1n) is 10.3. The number of rotatable bonds is 8. The number of nitrogens with zero attached hydrogens (tertiary/aromatic N) is 1. The number of aliphatic hydroxyl groups excluding tert-OH is 1. The van der Waals surface area contributed by atoms with Crippen molar-refractivity contribution in [3.8, 4) is 0 Å². The van der Waals surface area contributed by atoms with E-state index in [0.29, 0.717) is 25.7 Å². The molecule has 2 unspecified atom stereocenters. The van der Waals surface area contributed by atoms with Crippen LogP contribution in [0.2, 0.25) is 0 Å².